The highest BCUT2D eigenvalue weighted by molar-refractivity contribution is 5.93. The van der Waals surface area contributed by atoms with Crippen LogP contribution in [0.1, 0.15) is 23.7 Å². The zero-order valence-corrected chi connectivity index (χ0v) is 11.1. The molecule has 1 rings (SSSR count). The van der Waals surface area contributed by atoms with Crippen LogP contribution in [-0.2, 0) is 0 Å². The van der Waals surface area contributed by atoms with Gasteiger partial charge in [-0.25, -0.2) is 4.98 Å². The number of nitrogens with zero attached hydrogens (tertiary/aromatic N) is 2. The Morgan fingerprint density at radius 2 is 2.32 bits per heavy atom. The molecule has 1 aromatic heterocycles. The van der Waals surface area contributed by atoms with Gasteiger partial charge in [0.25, 0.3) is 11.5 Å². The quantitative estimate of drug-likeness (QED) is 0.817. The van der Waals surface area contributed by atoms with Gasteiger partial charge < -0.3 is 5.32 Å². The Kier molecular flexibility index (Phi) is 5.47. The van der Waals surface area contributed by atoms with Crippen LogP contribution in [0.2, 0.25) is 0 Å². The number of amides is 1. The smallest absolute Gasteiger partial charge is 0.270 e. The molecule has 5 heteroatoms. The molecule has 100 valence electrons. The minimum absolute atomic E-state index is 0.00450. The third kappa shape index (κ3) is 3.51. The SMILES string of the molecule is C=C/C=C(\C=C/CC)n1cncc(C(=O)NC)c1=O. The van der Waals surface area contributed by atoms with Crippen molar-refractivity contribution in [3.63, 3.8) is 0 Å². The average molecular weight is 259 g/mol. The lowest BCUT2D eigenvalue weighted by atomic mass is 10.2. The van der Waals surface area contributed by atoms with E-state index in [-0.39, 0.29) is 5.56 Å². The Morgan fingerprint density at radius 3 is 2.89 bits per heavy atom. The lowest BCUT2D eigenvalue weighted by Crippen LogP contribution is -2.31. The van der Waals surface area contributed by atoms with Gasteiger partial charge in [0.1, 0.15) is 11.9 Å². The van der Waals surface area contributed by atoms with Crippen molar-refractivity contribution in [2.45, 2.75) is 13.3 Å². The molecule has 0 bridgehead atoms. The molecule has 0 fully saturated rings. The van der Waals surface area contributed by atoms with Crippen LogP contribution in [0.4, 0.5) is 0 Å². The fourth-order valence-electron chi connectivity index (χ4n) is 1.46. The van der Waals surface area contributed by atoms with Crippen LogP contribution in [0.5, 0.6) is 0 Å². The van der Waals surface area contributed by atoms with Crippen molar-refractivity contribution in [3.05, 3.63) is 59.3 Å². The molecule has 0 atom stereocenters. The summed E-state index contributed by atoms with van der Waals surface area (Å²) in [5.74, 6) is -0.454. The number of rotatable bonds is 5. The molecule has 0 aliphatic carbocycles. The van der Waals surface area contributed by atoms with Gasteiger partial charge >= 0.3 is 0 Å². The van der Waals surface area contributed by atoms with Crippen LogP contribution in [0.3, 0.4) is 0 Å². The maximum absolute atomic E-state index is 12.2. The third-order valence-electron chi connectivity index (χ3n) is 2.40. The highest BCUT2D eigenvalue weighted by Gasteiger charge is 2.12. The van der Waals surface area contributed by atoms with Crippen LogP contribution in [0, 0.1) is 0 Å². The average Bonchev–Trinajstić information content (AvgIpc) is 2.43. The Bertz CT molecular complexity index is 583. The molecule has 0 aromatic carbocycles. The monoisotopic (exact) mass is 259 g/mol. The van der Waals surface area contributed by atoms with Gasteiger partial charge in [-0.2, -0.15) is 0 Å². The molecule has 0 unspecified atom stereocenters. The number of carbonyl (C=O) groups excluding carboxylic acids is 1. The minimum Gasteiger partial charge on any atom is -0.355 e. The summed E-state index contributed by atoms with van der Waals surface area (Å²) in [5, 5.41) is 2.41. The van der Waals surface area contributed by atoms with Crippen LogP contribution in [0.15, 0.2) is 48.2 Å². The van der Waals surface area contributed by atoms with E-state index in [0.717, 1.165) is 6.42 Å². The van der Waals surface area contributed by atoms with E-state index in [1.807, 2.05) is 13.0 Å². The van der Waals surface area contributed by atoms with Gasteiger partial charge in [-0.05, 0) is 18.6 Å². The summed E-state index contributed by atoms with van der Waals surface area (Å²) >= 11 is 0. The van der Waals surface area contributed by atoms with Crippen molar-refractivity contribution in [2.24, 2.45) is 0 Å². The minimum atomic E-state index is -0.454. The van der Waals surface area contributed by atoms with Crippen molar-refractivity contribution in [3.8, 4) is 0 Å². The summed E-state index contributed by atoms with van der Waals surface area (Å²) in [5.41, 5.74) is 0.202. The number of nitrogens with one attached hydrogen (secondary N) is 1. The van der Waals surface area contributed by atoms with E-state index in [0.29, 0.717) is 5.70 Å². The lowest BCUT2D eigenvalue weighted by Gasteiger charge is -2.07. The summed E-state index contributed by atoms with van der Waals surface area (Å²) in [6.07, 6.45) is 10.4. The first kappa shape index (κ1) is 14.6. The second-order valence-corrected chi connectivity index (χ2v) is 3.70. The van der Waals surface area contributed by atoms with Gasteiger partial charge in [-0.15, -0.1) is 0 Å². The van der Waals surface area contributed by atoms with Gasteiger partial charge in [-0.1, -0.05) is 25.7 Å². The Balaban J connectivity index is 3.37. The summed E-state index contributed by atoms with van der Waals surface area (Å²) in [4.78, 5) is 27.7. The predicted molar refractivity (Wildman–Crippen MR) is 75.8 cm³/mol. The lowest BCUT2D eigenvalue weighted by molar-refractivity contribution is 0.0961. The maximum atomic E-state index is 12.2. The zero-order valence-electron chi connectivity index (χ0n) is 11.1. The number of allylic oxidation sites excluding steroid dienone is 5. The number of hydrogen-bond donors (Lipinski definition) is 1. The summed E-state index contributed by atoms with van der Waals surface area (Å²) in [7, 11) is 1.47. The molecule has 0 saturated carbocycles. The number of hydrogen-bond acceptors (Lipinski definition) is 3. The molecule has 1 N–H and O–H groups in total. The normalized spacial score (nSPS) is 11.6. The molecule has 5 nitrogen and oxygen atoms in total. The maximum Gasteiger partial charge on any atom is 0.270 e. The molecule has 0 aliphatic rings. The van der Waals surface area contributed by atoms with Gasteiger partial charge in [0.05, 0.1) is 0 Å². The van der Waals surface area contributed by atoms with E-state index in [1.54, 1.807) is 18.2 Å². The summed E-state index contributed by atoms with van der Waals surface area (Å²) in [6.45, 7) is 5.60. The van der Waals surface area contributed by atoms with Gasteiger partial charge in [0, 0.05) is 18.9 Å². The van der Waals surface area contributed by atoms with Gasteiger partial charge in [-0.3, -0.25) is 14.2 Å². The van der Waals surface area contributed by atoms with Crippen LogP contribution >= 0.6 is 0 Å². The molecule has 1 amide bonds. The van der Waals surface area contributed by atoms with Crippen LogP contribution in [0.25, 0.3) is 5.70 Å². The Labute approximate surface area is 112 Å². The highest BCUT2D eigenvalue weighted by atomic mass is 16.2. The summed E-state index contributed by atoms with van der Waals surface area (Å²) in [6, 6.07) is 0. The van der Waals surface area contributed by atoms with Crippen molar-refractivity contribution >= 4 is 11.6 Å². The molecular formula is C14H17N3O2. The van der Waals surface area contributed by atoms with E-state index in [1.165, 1.54) is 24.1 Å². The van der Waals surface area contributed by atoms with Gasteiger partial charge in [0.2, 0.25) is 0 Å². The molecule has 1 heterocycles. The van der Waals surface area contributed by atoms with Crippen LogP contribution < -0.4 is 10.9 Å². The Morgan fingerprint density at radius 1 is 1.58 bits per heavy atom. The van der Waals surface area contributed by atoms with E-state index < -0.39 is 11.5 Å². The van der Waals surface area contributed by atoms with Crippen molar-refractivity contribution in [1.82, 2.24) is 14.9 Å². The molecule has 0 spiro atoms. The first-order chi connectivity index (χ1) is 9.15. The van der Waals surface area contributed by atoms with E-state index >= 15 is 0 Å². The molecule has 19 heavy (non-hydrogen) atoms. The Hall–Kier alpha value is -2.43. The fourth-order valence-corrected chi connectivity index (χ4v) is 1.46. The molecule has 0 aliphatic heterocycles. The van der Waals surface area contributed by atoms with Gasteiger partial charge in [0.15, 0.2) is 0 Å². The van der Waals surface area contributed by atoms with Crippen LogP contribution in [-0.4, -0.2) is 22.5 Å². The van der Waals surface area contributed by atoms with E-state index in [9.17, 15) is 9.59 Å². The predicted octanol–water partition coefficient (Wildman–Crippen LogP) is 1.60. The molecular weight excluding hydrogens is 242 g/mol. The number of aromatic nitrogens is 2. The molecule has 0 saturated heterocycles. The van der Waals surface area contributed by atoms with E-state index in [2.05, 4.69) is 16.9 Å². The second kappa shape index (κ2) is 7.10. The van der Waals surface area contributed by atoms with Crippen molar-refractivity contribution in [1.29, 1.82) is 0 Å². The zero-order chi connectivity index (χ0) is 14.3. The molecule has 0 radical (unpaired) electrons. The fraction of sp³-hybridized carbons (Fsp3) is 0.214. The van der Waals surface area contributed by atoms with Crippen molar-refractivity contribution in [2.75, 3.05) is 7.05 Å². The third-order valence-corrected chi connectivity index (χ3v) is 2.40. The summed E-state index contributed by atoms with van der Waals surface area (Å²) < 4.78 is 1.32. The molecule has 1 aromatic rings. The van der Waals surface area contributed by atoms with Crippen molar-refractivity contribution < 1.29 is 4.79 Å². The first-order valence-electron chi connectivity index (χ1n) is 5.94. The topological polar surface area (TPSA) is 64.0 Å². The standard InChI is InChI=1S/C14H17N3O2/c1-4-6-8-11(7-5-2)17-10-16-9-12(14(17)19)13(18)15-3/h5-10H,2,4H2,1,3H3,(H,15,18)/b8-6-,11-7+. The highest BCUT2D eigenvalue weighted by Crippen LogP contribution is 2.04. The second-order valence-electron chi connectivity index (χ2n) is 3.70. The largest absolute Gasteiger partial charge is 0.355 e. The number of carbonyl (C=O) groups is 1. The van der Waals surface area contributed by atoms with E-state index in [4.69, 9.17) is 0 Å². The first-order valence-corrected chi connectivity index (χ1v) is 5.94.